The molecule has 6 nitrogen and oxygen atoms in total. The highest BCUT2D eigenvalue weighted by Gasteiger charge is 2.03. The number of aromatic nitrogens is 3. The lowest BCUT2D eigenvalue weighted by Gasteiger charge is -2.11. The normalized spacial score (nSPS) is 11.4. The summed E-state index contributed by atoms with van der Waals surface area (Å²) >= 11 is 1.75. The third-order valence-electron chi connectivity index (χ3n) is 3.92. The molecular formula is C18H25IN6S. The van der Waals surface area contributed by atoms with E-state index in [2.05, 4.69) is 49.2 Å². The van der Waals surface area contributed by atoms with Gasteiger partial charge in [-0.3, -0.25) is 4.99 Å². The molecule has 140 valence electrons. The number of aliphatic imine (C=N–C) groups is 1. The number of nitrogens with zero attached hydrogens (tertiary/aromatic N) is 4. The van der Waals surface area contributed by atoms with Gasteiger partial charge in [-0.1, -0.05) is 12.1 Å². The van der Waals surface area contributed by atoms with Crippen molar-refractivity contribution in [1.82, 2.24) is 25.2 Å². The van der Waals surface area contributed by atoms with Crippen molar-refractivity contribution < 1.29 is 0 Å². The number of hydrogen-bond acceptors (Lipinski definition) is 4. The maximum atomic E-state index is 4.42. The van der Waals surface area contributed by atoms with Crippen LogP contribution in [0.15, 0.2) is 41.8 Å². The third kappa shape index (κ3) is 5.66. The molecule has 3 rings (SSSR count). The van der Waals surface area contributed by atoms with E-state index < -0.39 is 0 Å². The molecule has 2 aromatic heterocycles. The first kappa shape index (κ1) is 20.6. The molecule has 0 unspecified atom stereocenters. The molecule has 0 amide bonds. The molecule has 0 spiro atoms. The third-order valence-corrected chi connectivity index (χ3v) is 4.89. The second kappa shape index (κ2) is 10.5. The molecule has 0 radical (unpaired) electrons. The summed E-state index contributed by atoms with van der Waals surface area (Å²) in [5.41, 5.74) is 2.23. The lowest BCUT2D eigenvalue weighted by Crippen LogP contribution is -2.38. The number of nitrogens with one attached hydrogen (secondary N) is 2. The van der Waals surface area contributed by atoms with Crippen LogP contribution in [-0.2, 0) is 13.0 Å². The SMILES string of the molecule is CN=C(NCCCn1cnc2ccccc21)NCCc1ncc(C)s1.I. The van der Waals surface area contributed by atoms with Crippen molar-refractivity contribution in [2.24, 2.45) is 4.99 Å². The van der Waals surface area contributed by atoms with E-state index in [0.717, 1.165) is 49.0 Å². The van der Waals surface area contributed by atoms with Gasteiger partial charge in [0.1, 0.15) is 0 Å². The van der Waals surface area contributed by atoms with Crippen LogP contribution >= 0.6 is 35.3 Å². The molecule has 2 N–H and O–H groups in total. The Kier molecular flexibility index (Phi) is 8.30. The lowest BCUT2D eigenvalue weighted by molar-refractivity contribution is 0.637. The van der Waals surface area contributed by atoms with Gasteiger partial charge in [0.25, 0.3) is 0 Å². The predicted octanol–water partition coefficient (Wildman–Crippen LogP) is 3.22. The Bertz CT molecular complexity index is 841. The minimum atomic E-state index is 0. The largest absolute Gasteiger partial charge is 0.356 e. The second-order valence-corrected chi connectivity index (χ2v) is 7.14. The fourth-order valence-electron chi connectivity index (χ4n) is 2.67. The first-order valence-electron chi connectivity index (χ1n) is 8.52. The Morgan fingerprint density at radius 3 is 2.77 bits per heavy atom. The van der Waals surface area contributed by atoms with Gasteiger partial charge in [-0.2, -0.15) is 0 Å². The van der Waals surface area contributed by atoms with Crippen LogP contribution < -0.4 is 10.6 Å². The van der Waals surface area contributed by atoms with Crippen LogP contribution in [0.4, 0.5) is 0 Å². The Morgan fingerprint density at radius 1 is 1.19 bits per heavy atom. The van der Waals surface area contributed by atoms with Crippen LogP contribution in [-0.4, -0.2) is 40.6 Å². The van der Waals surface area contributed by atoms with Gasteiger partial charge in [0, 0.05) is 44.2 Å². The molecule has 2 heterocycles. The van der Waals surface area contributed by atoms with Gasteiger partial charge in [-0.25, -0.2) is 9.97 Å². The molecule has 3 aromatic rings. The van der Waals surface area contributed by atoms with Crippen molar-refractivity contribution in [3.05, 3.63) is 46.7 Å². The second-order valence-electron chi connectivity index (χ2n) is 5.82. The average Bonchev–Trinajstić information content (AvgIpc) is 3.23. The molecule has 8 heteroatoms. The van der Waals surface area contributed by atoms with E-state index in [9.17, 15) is 0 Å². The maximum absolute atomic E-state index is 4.42. The molecule has 0 fully saturated rings. The minimum absolute atomic E-state index is 0. The summed E-state index contributed by atoms with van der Waals surface area (Å²) in [6.07, 6.45) is 5.76. The summed E-state index contributed by atoms with van der Waals surface area (Å²) in [6, 6.07) is 8.22. The summed E-state index contributed by atoms with van der Waals surface area (Å²) in [6.45, 7) is 4.71. The van der Waals surface area contributed by atoms with Crippen LogP contribution in [0.25, 0.3) is 11.0 Å². The van der Waals surface area contributed by atoms with Gasteiger partial charge in [-0.05, 0) is 25.5 Å². The van der Waals surface area contributed by atoms with Crippen molar-refractivity contribution in [3.63, 3.8) is 0 Å². The van der Waals surface area contributed by atoms with Crippen molar-refractivity contribution in [2.75, 3.05) is 20.1 Å². The summed E-state index contributed by atoms with van der Waals surface area (Å²) < 4.78 is 2.19. The molecule has 0 aliphatic rings. The molecule has 1 aromatic carbocycles. The molecule has 0 aliphatic carbocycles. The Hall–Kier alpha value is -1.68. The number of hydrogen-bond donors (Lipinski definition) is 2. The van der Waals surface area contributed by atoms with Gasteiger partial charge in [0.2, 0.25) is 0 Å². The van der Waals surface area contributed by atoms with Crippen molar-refractivity contribution in [2.45, 2.75) is 26.3 Å². The highest BCUT2D eigenvalue weighted by atomic mass is 127. The first-order valence-corrected chi connectivity index (χ1v) is 9.33. The monoisotopic (exact) mass is 484 g/mol. The number of rotatable bonds is 7. The van der Waals surface area contributed by atoms with E-state index in [1.54, 1.807) is 18.4 Å². The number of benzene rings is 1. The zero-order chi connectivity index (χ0) is 17.5. The predicted molar refractivity (Wildman–Crippen MR) is 120 cm³/mol. The number of aryl methyl sites for hydroxylation is 2. The molecular weight excluding hydrogens is 459 g/mol. The molecule has 0 atom stereocenters. The summed E-state index contributed by atoms with van der Waals surface area (Å²) in [5, 5.41) is 7.86. The highest BCUT2D eigenvalue weighted by Crippen LogP contribution is 2.12. The highest BCUT2D eigenvalue weighted by molar-refractivity contribution is 14.0. The zero-order valence-electron chi connectivity index (χ0n) is 15.1. The van der Waals surface area contributed by atoms with Crippen LogP contribution in [0, 0.1) is 6.92 Å². The number of fused-ring (bicyclic) bond motifs is 1. The number of imidazole rings is 1. The van der Waals surface area contributed by atoms with Gasteiger partial charge in [0.15, 0.2) is 5.96 Å². The number of halogens is 1. The average molecular weight is 484 g/mol. The van der Waals surface area contributed by atoms with E-state index in [-0.39, 0.29) is 24.0 Å². The van der Waals surface area contributed by atoms with Crippen molar-refractivity contribution in [3.8, 4) is 0 Å². The van der Waals surface area contributed by atoms with Crippen LogP contribution in [0.5, 0.6) is 0 Å². The van der Waals surface area contributed by atoms with Gasteiger partial charge < -0.3 is 15.2 Å². The molecule has 0 saturated heterocycles. The summed E-state index contributed by atoms with van der Waals surface area (Å²) in [7, 11) is 1.80. The summed E-state index contributed by atoms with van der Waals surface area (Å²) in [4.78, 5) is 14.3. The van der Waals surface area contributed by atoms with E-state index >= 15 is 0 Å². The van der Waals surface area contributed by atoms with Crippen molar-refractivity contribution in [1.29, 1.82) is 0 Å². The van der Waals surface area contributed by atoms with E-state index in [1.165, 1.54) is 10.4 Å². The topological polar surface area (TPSA) is 67.1 Å². The van der Waals surface area contributed by atoms with E-state index in [1.807, 2.05) is 24.7 Å². The fourth-order valence-corrected chi connectivity index (χ4v) is 3.46. The fraction of sp³-hybridized carbons (Fsp3) is 0.389. The number of para-hydroxylation sites is 2. The number of guanidine groups is 1. The van der Waals surface area contributed by atoms with Gasteiger partial charge in [0.05, 0.1) is 22.4 Å². The molecule has 0 bridgehead atoms. The number of thiazole rings is 1. The lowest BCUT2D eigenvalue weighted by atomic mass is 10.3. The van der Waals surface area contributed by atoms with Crippen LogP contribution in [0.3, 0.4) is 0 Å². The molecule has 0 saturated carbocycles. The van der Waals surface area contributed by atoms with Crippen molar-refractivity contribution >= 4 is 52.3 Å². The summed E-state index contributed by atoms with van der Waals surface area (Å²) in [5.74, 6) is 0.837. The van der Waals surface area contributed by atoms with Gasteiger partial charge >= 0.3 is 0 Å². The standard InChI is InChI=1S/C18H24N6S.HI/c1-14-12-22-17(25-14)8-10-21-18(19-2)20-9-5-11-24-13-23-15-6-3-4-7-16(15)24;/h3-4,6-7,12-13H,5,8-11H2,1-2H3,(H2,19,20,21);1H. The Morgan fingerprint density at radius 2 is 2.00 bits per heavy atom. The molecule has 0 aliphatic heterocycles. The van der Waals surface area contributed by atoms with Gasteiger partial charge in [-0.15, -0.1) is 35.3 Å². The Balaban J connectivity index is 0.00000243. The smallest absolute Gasteiger partial charge is 0.190 e. The maximum Gasteiger partial charge on any atom is 0.190 e. The van der Waals surface area contributed by atoms with Crippen LogP contribution in [0.1, 0.15) is 16.3 Å². The van der Waals surface area contributed by atoms with Crippen LogP contribution in [0.2, 0.25) is 0 Å². The first-order chi connectivity index (χ1) is 12.3. The van der Waals surface area contributed by atoms with E-state index in [0.29, 0.717) is 0 Å². The minimum Gasteiger partial charge on any atom is -0.356 e. The quantitative estimate of drug-likeness (QED) is 0.234. The Labute approximate surface area is 175 Å². The van der Waals surface area contributed by atoms with E-state index in [4.69, 9.17) is 0 Å². The zero-order valence-corrected chi connectivity index (χ0v) is 18.3. The molecule has 26 heavy (non-hydrogen) atoms.